The molecule has 0 bridgehead atoms. The van der Waals surface area contributed by atoms with Gasteiger partial charge in [-0.2, -0.15) is 0 Å². The van der Waals surface area contributed by atoms with Gasteiger partial charge in [0.15, 0.2) is 0 Å². The molecule has 15 rings (SSSR count). The number of nitrogens with zero attached hydrogens (tertiary/aromatic N) is 2. The van der Waals surface area contributed by atoms with Gasteiger partial charge in [-0.1, -0.05) is 255 Å². The van der Waals surface area contributed by atoms with Crippen LogP contribution in [-0.4, -0.2) is 0 Å². The van der Waals surface area contributed by atoms with Gasteiger partial charge in [0, 0.05) is 33.8 Å². The Morgan fingerprint density at radius 1 is 0.205 bits per heavy atom. The minimum Gasteiger partial charge on any atom is -0.310 e. The second-order valence-corrected chi connectivity index (χ2v) is 20.7. The number of rotatable bonds is 10. The van der Waals surface area contributed by atoms with E-state index in [1.54, 1.807) is 0 Å². The first-order valence-electron chi connectivity index (χ1n) is 27.1. The van der Waals surface area contributed by atoms with Crippen LogP contribution in [0.2, 0.25) is 0 Å². The van der Waals surface area contributed by atoms with Crippen molar-refractivity contribution in [2.24, 2.45) is 0 Å². The van der Waals surface area contributed by atoms with E-state index >= 15 is 0 Å². The van der Waals surface area contributed by atoms with Gasteiger partial charge in [-0.3, -0.25) is 0 Å². The van der Waals surface area contributed by atoms with E-state index < -0.39 is 10.8 Å². The molecule has 2 heteroatoms. The first-order valence-corrected chi connectivity index (χ1v) is 27.1. The van der Waals surface area contributed by atoms with Crippen LogP contribution in [0.1, 0.15) is 44.5 Å². The first-order chi connectivity index (χ1) is 38.7. The van der Waals surface area contributed by atoms with Gasteiger partial charge in [-0.15, -0.1) is 0 Å². The summed E-state index contributed by atoms with van der Waals surface area (Å²) in [5.41, 5.74) is 20.5. The van der Waals surface area contributed by atoms with Crippen molar-refractivity contribution in [3.63, 3.8) is 0 Å². The lowest BCUT2D eigenvalue weighted by atomic mass is 9.68. The van der Waals surface area contributed by atoms with Crippen LogP contribution >= 0.6 is 0 Å². The first kappa shape index (κ1) is 45.4. The topological polar surface area (TPSA) is 6.48 Å². The molecule has 13 aromatic rings. The number of hydrogen-bond donors (Lipinski definition) is 0. The van der Waals surface area contributed by atoms with Crippen molar-refractivity contribution in [2.75, 3.05) is 9.80 Å². The molecular formula is C76H52N2. The zero-order valence-corrected chi connectivity index (χ0v) is 42.9. The van der Waals surface area contributed by atoms with Crippen LogP contribution < -0.4 is 9.80 Å². The quantitative estimate of drug-likeness (QED) is 0.126. The maximum absolute atomic E-state index is 2.49. The van der Waals surface area contributed by atoms with Crippen molar-refractivity contribution in [3.05, 3.63) is 360 Å². The second kappa shape index (κ2) is 18.4. The van der Waals surface area contributed by atoms with Gasteiger partial charge in [0.25, 0.3) is 0 Å². The van der Waals surface area contributed by atoms with Gasteiger partial charge < -0.3 is 9.80 Å². The Bertz CT molecular complexity index is 4290. The zero-order chi connectivity index (χ0) is 51.6. The Hall–Kier alpha value is -10.0. The third-order valence-electron chi connectivity index (χ3n) is 16.8. The van der Waals surface area contributed by atoms with Crippen LogP contribution in [0.25, 0.3) is 43.8 Å². The van der Waals surface area contributed by atoms with E-state index in [4.69, 9.17) is 0 Å². The van der Waals surface area contributed by atoms with Crippen LogP contribution in [0.4, 0.5) is 34.1 Å². The van der Waals surface area contributed by atoms with E-state index in [1.807, 2.05) is 0 Å². The third-order valence-corrected chi connectivity index (χ3v) is 16.8. The molecular weight excluding hydrogens is 941 g/mol. The van der Waals surface area contributed by atoms with E-state index in [2.05, 4.69) is 325 Å². The van der Waals surface area contributed by atoms with Crippen molar-refractivity contribution in [1.29, 1.82) is 0 Å². The van der Waals surface area contributed by atoms with Gasteiger partial charge in [-0.25, -0.2) is 0 Å². The van der Waals surface area contributed by atoms with E-state index in [0.717, 1.165) is 39.5 Å². The summed E-state index contributed by atoms with van der Waals surface area (Å²) in [6.45, 7) is 0. The van der Waals surface area contributed by atoms with Crippen LogP contribution in [0.5, 0.6) is 0 Å². The second-order valence-electron chi connectivity index (χ2n) is 20.7. The summed E-state index contributed by atoms with van der Waals surface area (Å²) in [5, 5.41) is 4.75. The number of benzene rings is 13. The summed E-state index contributed by atoms with van der Waals surface area (Å²) in [7, 11) is 0. The van der Waals surface area contributed by atoms with Crippen LogP contribution in [-0.2, 0) is 10.8 Å². The molecule has 0 aliphatic heterocycles. The fourth-order valence-electron chi connectivity index (χ4n) is 13.6. The normalized spacial score (nSPS) is 13.3. The molecule has 0 radical (unpaired) electrons. The van der Waals surface area contributed by atoms with Crippen molar-refractivity contribution >= 4 is 55.7 Å². The minimum atomic E-state index is -0.509. The van der Waals surface area contributed by atoms with Gasteiger partial charge in [-0.05, 0) is 144 Å². The number of para-hydroxylation sites is 2. The highest BCUT2D eigenvalue weighted by Gasteiger charge is 2.48. The number of hydrogen-bond acceptors (Lipinski definition) is 2. The molecule has 13 aromatic carbocycles. The van der Waals surface area contributed by atoms with Gasteiger partial charge in [0.2, 0.25) is 0 Å². The molecule has 366 valence electrons. The van der Waals surface area contributed by atoms with Crippen molar-refractivity contribution < 1.29 is 0 Å². The highest BCUT2D eigenvalue weighted by atomic mass is 15.2. The summed E-state index contributed by atoms with van der Waals surface area (Å²) in [6, 6.07) is 117. The van der Waals surface area contributed by atoms with Crippen LogP contribution in [0.15, 0.2) is 315 Å². The molecule has 0 fully saturated rings. The summed E-state index contributed by atoms with van der Waals surface area (Å²) >= 11 is 0. The Balaban J connectivity index is 0.984. The molecule has 0 atom stereocenters. The maximum atomic E-state index is 2.49. The molecule has 2 aliphatic rings. The minimum absolute atomic E-state index is 0.506. The van der Waals surface area contributed by atoms with Gasteiger partial charge >= 0.3 is 0 Å². The number of fused-ring (bicyclic) bond motifs is 9. The molecule has 0 unspecified atom stereocenters. The predicted molar refractivity (Wildman–Crippen MR) is 325 cm³/mol. The average molecular weight is 993 g/mol. The lowest BCUT2D eigenvalue weighted by Crippen LogP contribution is -2.28. The molecule has 0 amide bonds. The Morgan fingerprint density at radius 3 is 1.08 bits per heavy atom. The largest absolute Gasteiger partial charge is 0.310 e. The molecule has 0 saturated carbocycles. The SMILES string of the molecule is c1ccc(N(c2ccc3c(c2)-c2ccccc2C3(c2ccccc2)c2ccccc2)c2cc(N(c3ccccc3)c3ccc4c(c3)-c3ccccc3C4(c3ccccc3)c3ccccc3)c3ccc4ccccc4c3c2)cc1. The molecule has 78 heavy (non-hydrogen) atoms. The van der Waals surface area contributed by atoms with Crippen molar-refractivity contribution in [1.82, 2.24) is 0 Å². The monoisotopic (exact) mass is 992 g/mol. The highest BCUT2D eigenvalue weighted by molar-refractivity contribution is 6.15. The molecule has 0 heterocycles. The average Bonchev–Trinajstić information content (AvgIpc) is 4.20. The predicted octanol–water partition coefficient (Wildman–Crippen LogP) is 19.7. The highest BCUT2D eigenvalue weighted by Crippen LogP contribution is 2.59. The van der Waals surface area contributed by atoms with E-state index in [-0.39, 0.29) is 0 Å². The van der Waals surface area contributed by atoms with E-state index in [1.165, 1.54) is 82.9 Å². The van der Waals surface area contributed by atoms with E-state index in [9.17, 15) is 0 Å². The Kier molecular flexibility index (Phi) is 10.7. The molecule has 0 saturated heterocycles. The summed E-state index contributed by atoms with van der Waals surface area (Å²) in [4.78, 5) is 4.96. The maximum Gasteiger partial charge on any atom is 0.0713 e. The van der Waals surface area contributed by atoms with Crippen LogP contribution in [0, 0.1) is 0 Å². The zero-order valence-electron chi connectivity index (χ0n) is 42.9. The van der Waals surface area contributed by atoms with Gasteiger partial charge in [0.05, 0.1) is 16.5 Å². The molecule has 2 aliphatic carbocycles. The lowest BCUT2D eigenvalue weighted by Gasteiger charge is -2.34. The summed E-state index contributed by atoms with van der Waals surface area (Å²) in [5.74, 6) is 0. The fraction of sp³-hybridized carbons (Fsp3) is 0.0263. The molecule has 0 aromatic heterocycles. The Morgan fingerprint density at radius 2 is 0.590 bits per heavy atom. The third kappa shape index (κ3) is 6.83. The van der Waals surface area contributed by atoms with Crippen molar-refractivity contribution in [2.45, 2.75) is 10.8 Å². The van der Waals surface area contributed by atoms with E-state index in [0.29, 0.717) is 0 Å². The Labute approximate surface area is 456 Å². The van der Waals surface area contributed by atoms with Gasteiger partial charge in [0.1, 0.15) is 0 Å². The number of anilines is 6. The fourth-order valence-corrected chi connectivity index (χ4v) is 13.6. The summed E-state index contributed by atoms with van der Waals surface area (Å²) in [6.07, 6.45) is 0. The molecule has 0 spiro atoms. The lowest BCUT2D eigenvalue weighted by molar-refractivity contribution is 0.768. The summed E-state index contributed by atoms with van der Waals surface area (Å²) < 4.78 is 0. The van der Waals surface area contributed by atoms with Crippen molar-refractivity contribution in [3.8, 4) is 22.3 Å². The molecule has 2 nitrogen and oxygen atoms in total. The standard InChI is InChI=1S/C76H52N2/c1-7-26-54(27-8-1)75(55-28-9-2-10-29-55)70-41-23-21-39-64(70)68-49-60(44-47-72(68)75)77(58-34-15-5-16-35-58)62-51-67-63-38-20-19-25-53(63)43-46-66(67)74(52-62)78(59-36-17-6-18-37-59)61-45-48-73-69(50-61)65-40-22-24-42-71(65)76(73,56-30-11-3-12-31-56)57-32-13-4-14-33-57/h1-52H. The molecule has 0 N–H and O–H groups in total. The smallest absolute Gasteiger partial charge is 0.0713 e. The van der Waals surface area contributed by atoms with Crippen LogP contribution in [0.3, 0.4) is 0 Å².